The molecule has 3 aromatic rings. The first-order valence-electron chi connectivity index (χ1n) is 6.43. The summed E-state index contributed by atoms with van der Waals surface area (Å²) >= 11 is 3.11. The highest BCUT2D eigenvalue weighted by atomic mass is 32.2. The van der Waals surface area contributed by atoms with E-state index >= 15 is 0 Å². The van der Waals surface area contributed by atoms with Crippen molar-refractivity contribution in [1.82, 2.24) is 19.3 Å². The van der Waals surface area contributed by atoms with Crippen LogP contribution in [0.2, 0.25) is 0 Å². The number of aromatic nitrogens is 3. The molecule has 112 valence electrons. The molecule has 3 rings (SSSR count). The fourth-order valence-electron chi connectivity index (χ4n) is 1.84. The Balaban J connectivity index is 1.77. The molecule has 0 unspecified atom stereocenters. The molecule has 0 aliphatic rings. The van der Waals surface area contributed by atoms with Crippen molar-refractivity contribution in [3.05, 3.63) is 28.6 Å². The van der Waals surface area contributed by atoms with Gasteiger partial charge in [0.05, 0.1) is 16.3 Å². The summed E-state index contributed by atoms with van der Waals surface area (Å²) in [7, 11) is -3.15. The molecule has 0 aliphatic carbocycles. The van der Waals surface area contributed by atoms with Gasteiger partial charge in [-0.15, -0.1) is 27.8 Å². The molecule has 0 amide bonds. The maximum absolute atomic E-state index is 11.4. The van der Waals surface area contributed by atoms with Crippen LogP contribution in [0.25, 0.3) is 15.7 Å². The van der Waals surface area contributed by atoms with Gasteiger partial charge in [0.2, 0.25) is 15.0 Å². The molecular formula is C12H14N4O2S3. The van der Waals surface area contributed by atoms with E-state index in [0.29, 0.717) is 18.8 Å². The molecule has 0 aliphatic heterocycles. The number of hydrogen-bond donors (Lipinski definition) is 1. The quantitative estimate of drug-likeness (QED) is 0.743. The van der Waals surface area contributed by atoms with Gasteiger partial charge in [0.15, 0.2) is 5.82 Å². The topological polar surface area (TPSA) is 76.4 Å². The Hall–Kier alpha value is -1.29. The first kappa shape index (κ1) is 14.6. The second kappa shape index (κ2) is 5.84. The van der Waals surface area contributed by atoms with E-state index in [2.05, 4.69) is 14.8 Å². The van der Waals surface area contributed by atoms with E-state index in [-0.39, 0.29) is 5.75 Å². The van der Waals surface area contributed by atoms with E-state index in [1.54, 1.807) is 22.8 Å². The van der Waals surface area contributed by atoms with Crippen LogP contribution in [-0.4, -0.2) is 35.3 Å². The Labute approximate surface area is 130 Å². The summed E-state index contributed by atoms with van der Waals surface area (Å²) in [5.74, 6) is 0.810. The van der Waals surface area contributed by atoms with Crippen molar-refractivity contribution in [2.75, 3.05) is 12.3 Å². The molecule has 21 heavy (non-hydrogen) atoms. The molecule has 0 aromatic carbocycles. The smallest absolute Gasteiger partial charge is 0.212 e. The lowest BCUT2D eigenvalue weighted by molar-refractivity contribution is 0.582. The van der Waals surface area contributed by atoms with Crippen LogP contribution in [0.15, 0.2) is 22.9 Å². The van der Waals surface area contributed by atoms with Gasteiger partial charge in [-0.2, -0.15) is 4.98 Å². The minimum absolute atomic E-state index is 0.0951. The molecule has 0 atom stereocenters. The maximum atomic E-state index is 11.4. The highest BCUT2D eigenvalue weighted by Crippen LogP contribution is 2.24. The van der Waals surface area contributed by atoms with Crippen LogP contribution in [0.5, 0.6) is 0 Å². The molecular weight excluding hydrogens is 328 g/mol. The van der Waals surface area contributed by atoms with Gasteiger partial charge in [-0.05, 0) is 18.4 Å². The number of hydrogen-bond acceptors (Lipinski definition) is 6. The molecule has 0 radical (unpaired) electrons. The first-order valence-corrected chi connectivity index (χ1v) is 9.84. The fourth-order valence-corrected chi connectivity index (χ4v) is 3.97. The number of nitrogens with one attached hydrogen (secondary N) is 1. The predicted octanol–water partition coefficient (Wildman–Crippen LogP) is 2.00. The molecule has 0 bridgehead atoms. The van der Waals surface area contributed by atoms with E-state index < -0.39 is 10.0 Å². The minimum atomic E-state index is -3.15. The van der Waals surface area contributed by atoms with Crippen LogP contribution in [0.3, 0.4) is 0 Å². The molecule has 0 spiro atoms. The highest BCUT2D eigenvalue weighted by molar-refractivity contribution is 7.89. The lowest BCUT2D eigenvalue weighted by Crippen LogP contribution is -2.27. The Morgan fingerprint density at radius 1 is 1.38 bits per heavy atom. The Kier molecular flexibility index (Phi) is 4.07. The summed E-state index contributed by atoms with van der Waals surface area (Å²) in [6.07, 6.45) is 0.590. The van der Waals surface area contributed by atoms with Gasteiger partial charge in [-0.3, -0.25) is 0 Å². The van der Waals surface area contributed by atoms with Crippen LogP contribution in [0, 0.1) is 0 Å². The van der Waals surface area contributed by atoms with Crippen molar-refractivity contribution in [3.63, 3.8) is 0 Å². The summed E-state index contributed by atoms with van der Waals surface area (Å²) in [5, 5.41) is 8.46. The van der Waals surface area contributed by atoms with Gasteiger partial charge in [-0.25, -0.2) is 17.7 Å². The molecule has 3 heterocycles. The van der Waals surface area contributed by atoms with E-state index in [1.165, 1.54) is 11.3 Å². The molecule has 0 fully saturated rings. The van der Waals surface area contributed by atoms with Gasteiger partial charge in [-0.1, -0.05) is 6.07 Å². The zero-order valence-electron chi connectivity index (χ0n) is 11.3. The summed E-state index contributed by atoms with van der Waals surface area (Å²) < 4.78 is 27.2. The summed E-state index contributed by atoms with van der Waals surface area (Å²) in [6.45, 7) is 1.99. The van der Waals surface area contributed by atoms with Crippen LogP contribution < -0.4 is 4.72 Å². The fraction of sp³-hybridized carbons (Fsp3) is 0.333. The number of thiophene rings is 1. The Bertz CT molecular complexity index is 833. The summed E-state index contributed by atoms with van der Waals surface area (Å²) in [4.78, 5) is 6.35. The number of sulfonamides is 1. The third-order valence-electron chi connectivity index (χ3n) is 2.97. The molecule has 0 saturated heterocycles. The van der Waals surface area contributed by atoms with Crippen molar-refractivity contribution in [2.24, 2.45) is 0 Å². The van der Waals surface area contributed by atoms with Crippen molar-refractivity contribution in [3.8, 4) is 10.7 Å². The summed E-state index contributed by atoms with van der Waals surface area (Å²) in [6, 6.07) is 3.95. The second-order valence-corrected chi connectivity index (χ2v) is 8.26. The van der Waals surface area contributed by atoms with Gasteiger partial charge in [0.25, 0.3) is 0 Å². The molecule has 0 saturated carbocycles. The molecule has 3 aromatic heterocycles. The Morgan fingerprint density at radius 3 is 2.95 bits per heavy atom. The molecule has 6 nitrogen and oxygen atoms in total. The standard InChI is InChI=1S/C12H14N4O2S3/c1-2-21(17,18)13-6-5-9-8-20-12-14-11(15-16(9)12)10-4-3-7-19-10/h3-4,7-8,13H,2,5-6H2,1H3. The summed E-state index contributed by atoms with van der Waals surface area (Å²) in [5.41, 5.74) is 0.962. The lowest BCUT2D eigenvalue weighted by Gasteiger charge is -2.02. The van der Waals surface area contributed by atoms with Gasteiger partial charge >= 0.3 is 0 Å². The van der Waals surface area contributed by atoms with Gasteiger partial charge in [0, 0.05) is 18.3 Å². The van der Waals surface area contributed by atoms with E-state index in [0.717, 1.165) is 15.5 Å². The van der Waals surface area contributed by atoms with Crippen molar-refractivity contribution >= 4 is 37.7 Å². The largest absolute Gasteiger partial charge is 0.215 e. The Morgan fingerprint density at radius 2 is 2.24 bits per heavy atom. The average Bonchev–Trinajstić information content (AvgIpc) is 3.15. The average molecular weight is 342 g/mol. The predicted molar refractivity (Wildman–Crippen MR) is 85.3 cm³/mol. The minimum Gasteiger partial charge on any atom is -0.215 e. The zero-order chi connectivity index (χ0) is 14.9. The number of thiazole rings is 1. The van der Waals surface area contributed by atoms with Gasteiger partial charge < -0.3 is 0 Å². The third kappa shape index (κ3) is 3.15. The maximum Gasteiger partial charge on any atom is 0.212 e. The SMILES string of the molecule is CCS(=O)(=O)NCCc1csc2nc(-c3cccs3)nn12. The van der Waals surface area contributed by atoms with Crippen molar-refractivity contribution in [1.29, 1.82) is 0 Å². The number of rotatable bonds is 6. The monoisotopic (exact) mass is 342 g/mol. The second-order valence-electron chi connectivity index (χ2n) is 4.38. The van der Waals surface area contributed by atoms with Crippen molar-refractivity contribution in [2.45, 2.75) is 13.3 Å². The van der Waals surface area contributed by atoms with Crippen LogP contribution in [0.1, 0.15) is 12.6 Å². The number of fused-ring (bicyclic) bond motifs is 1. The third-order valence-corrected chi connectivity index (χ3v) is 6.11. The number of nitrogens with zero attached hydrogens (tertiary/aromatic N) is 3. The zero-order valence-corrected chi connectivity index (χ0v) is 13.8. The van der Waals surface area contributed by atoms with Crippen LogP contribution in [-0.2, 0) is 16.4 Å². The van der Waals surface area contributed by atoms with E-state index in [4.69, 9.17) is 0 Å². The van der Waals surface area contributed by atoms with E-state index in [1.807, 2.05) is 22.9 Å². The van der Waals surface area contributed by atoms with Crippen LogP contribution in [0.4, 0.5) is 0 Å². The van der Waals surface area contributed by atoms with Crippen molar-refractivity contribution < 1.29 is 8.42 Å². The molecule has 9 heteroatoms. The first-order chi connectivity index (χ1) is 10.1. The highest BCUT2D eigenvalue weighted by Gasteiger charge is 2.12. The van der Waals surface area contributed by atoms with E-state index in [9.17, 15) is 8.42 Å². The van der Waals surface area contributed by atoms with Crippen LogP contribution >= 0.6 is 22.7 Å². The molecule has 1 N–H and O–H groups in total. The lowest BCUT2D eigenvalue weighted by atomic mass is 10.3. The van der Waals surface area contributed by atoms with Gasteiger partial charge in [0.1, 0.15) is 0 Å². The normalized spacial score (nSPS) is 12.2.